The van der Waals surface area contributed by atoms with Crippen LogP contribution in [0.2, 0.25) is 0 Å². The maximum absolute atomic E-state index is 3.02. The second kappa shape index (κ2) is 4.26. The Hall–Kier alpha value is 1.10. The Labute approximate surface area is 61.8 Å². The highest BCUT2D eigenvalue weighted by Gasteiger charge is 1.94. The topological polar surface area (TPSA) is 14.0 Å². The summed E-state index contributed by atoms with van der Waals surface area (Å²) in [6.07, 6.45) is 0. The van der Waals surface area contributed by atoms with Gasteiger partial charge < -0.3 is 24.0 Å². The molecule has 0 saturated carbocycles. The van der Waals surface area contributed by atoms with Gasteiger partial charge >= 0.3 is 0 Å². The van der Waals surface area contributed by atoms with Crippen LogP contribution in [0.15, 0.2) is 0 Å². The van der Waals surface area contributed by atoms with Gasteiger partial charge in [-0.15, -0.1) is 0 Å². The van der Waals surface area contributed by atoms with Crippen molar-refractivity contribution in [2.75, 3.05) is 5.88 Å². The van der Waals surface area contributed by atoms with Crippen molar-refractivity contribution in [3.05, 3.63) is 0 Å². The Balaban J connectivity index is 0.000000250. The van der Waals surface area contributed by atoms with Crippen LogP contribution in [-0.4, -0.2) is 11.4 Å². The minimum atomic E-state index is 0. The summed E-state index contributed by atoms with van der Waals surface area (Å²) in [6.45, 7) is 0. The normalized spacial score (nSPS) is 17.3. The van der Waals surface area contributed by atoms with Crippen LogP contribution in [0.4, 0.5) is 0 Å². The van der Waals surface area contributed by atoms with E-state index in [1.165, 1.54) is 0 Å². The molecule has 0 aromatic carbocycles. The summed E-state index contributed by atoms with van der Waals surface area (Å²) >= 11 is 0. The number of hydrogen-bond donors (Lipinski definition) is 1. The first-order chi connectivity index (χ1) is 2.50. The molecule has 0 radical (unpaired) electrons. The average molecular weight is 233 g/mol. The molecular weight excluding hydrogens is 229 g/mol. The van der Waals surface area contributed by atoms with Gasteiger partial charge in [-0.3, -0.25) is 0 Å². The van der Waals surface area contributed by atoms with Crippen molar-refractivity contribution in [2.45, 2.75) is 0 Å². The Morgan fingerprint density at radius 2 is 2.50 bits per heavy atom. The predicted octanol–water partition coefficient (Wildman–Crippen LogP) is -3.55. The highest BCUT2D eigenvalue weighted by Crippen LogP contribution is 2.14. The molecule has 0 fully saturated rings. The van der Waals surface area contributed by atoms with Gasteiger partial charge in [-0.05, 0) is 10.8 Å². The number of hydrogen-bond acceptors (Lipinski definition) is 2. The first-order valence-corrected chi connectivity index (χ1v) is 3.72. The van der Waals surface area contributed by atoms with E-state index in [4.69, 9.17) is 0 Å². The lowest BCUT2D eigenvalue weighted by Crippen LogP contribution is -3.00. The van der Waals surface area contributed by atoms with Gasteiger partial charge in [0, 0.05) is 10.8 Å². The van der Waals surface area contributed by atoms with E-state index in [0.29, 0.717) is 0 Å². The number of halogens is 1. The van der Waals surface area contributed by atoms with Crippen molar-refractivity contribution in [3.8, 4) is 0 Å². The van der Waals surface area contributed by atoms with Gasteiger partial charge in [0.1, 0.15) is 0 Å². The zero-order valence-corrected chi connectivity index (χ0v) is 6.77. The highest BCUT2D eigenvalue weighted by molar-refractivity contribution is 8.81. The van der Waals surface area contributed by atoms with E-state index in [1.807, 2.05) is 16.3 Å². The second-order valence-corrected chi connectivity index (χ2v) is 2.92. The fourth-order valence-electron chi connectivity index (χ4n) is 0.170. The van der Waals surface area contributed by atoms with Gasteiger partial charge in [-0.1, -0.05) is 0 Å². The lowest BCUT2D eigenvalue weighted by atomic mass is 11.4. The van der Waals surface area contributed by atoms with Crippen LogP contribution in [0.1, 0.15) is 0 Å². The van der Waals surface area contributed by atoms with E-state index in [-0.39, 0.29) is 24.0 Å². The van der Waals surface area contributed by atoms with E-state index < -0.39 is 0 Å². The summed E-state index contributed by atoms with van der Waals surface area (Å²) in [5, 5.41) is 0. The minimum absolute atomic E-state index is 0. The quantitative estimate of drug-likeness (QED) is 0.344. The van der Waals surface area contributed by atoms with Crippen LogP contribution in [0.3, 0.4) is 0 Å². The Kier molecular flexibility index (Phi) is 5.05. The van der Waals surface area contributed by atoms with Gasteiger partial charge in [-0.25, -0.2) is 4.99 Å². The molecule has 0 spiro atoms. The lowest BCUT2D eigenvalue weighted by molar-refractivity contribution is -0.421. The molecule has 0 unspecified atom stereocenters. The van der Waals surface area contributed by atoms with Crippen molar-refractivity contribution >= 4 is 27.1 Å². The van der Waals surface area contributed by atoms with Gasteiger partial charge in [0.25, 0.3) is 0 Å². The van der Waals surface area contributed by atoms with Gasteiger partial charge in [0.2, 0.25) is 5.55 Å². The van der Waals surface area contributed by atoms with E-state index >= 15 is 0 Å². The number of rotatable bonds is 0. The smallest absolute Gasteiger partial charge is 0.208 e. The van der Waals surface area contributed by atoms with E-state index in [0.717, 1.165) is 5.88 Å². The second-order valence-electron chi connectivity index (χ2n) is 0.680. The third kappa shape index (κ3) is 2.30. The molecule has 1 heterocycles. The Morgan fingerprint density at radius 1 is 1.67 bits per heavy atom. The third-order valence-corrected chi connectivity index (χ3v) is 2.08. The largest absolute Gasteiger partial charge is 1.00 e. The molecule has 1 nitrogen and oxygen atoms in total. The molecule has 1 aliphatic heterocycles. The molecule has 0 amide bonds. The lowest BCUT2D eigenvalue weighted by Gasteiger charge is -1.60. The van der Waals surface area contributed by atoms with Crippen molar-refractivity contribution in [2.24, 2.45) is 0 Å². The summed E-state index contributed by atoms with van der Waals surface area (Å²) in [5.41, 5.74) is 1.99. The van der Waals surface area contributed by atoms with E-state index in [9.17, 15) is 0 Å². The monoisotopic (exact) mass is 233 g/mol. The minimum Gasteiger partial charge on any atom is -1.00 e. The Bertz CT molecular complexity index is 49.5. The fourth-order valence-corrected chi connectivity index (χ4v) is 1.53. The maximum Gasteiger partial charge on any atom is 0.208 e. The molecule has 1 aliphatic rings. The maximum atomic E-state index is 3.02. The summed E-state index contributed by atoms with van der Waals surface area (Å²) in [5.74, 6) is 1.07. The third-order valence-electron chi connectivity index (χ3n) is 0.342. The van der Waals surface area contributed by atoms with Crippen LogP contribution in [0.5, 0.6) is 0 Å². The fraction of sp³-hybridized carbons (Fsp3) is 0.500. The van der Waals surface area contributed by atoms with Crippen molar-refractivity contribution in [1.82, 2.24) is 0 Å². The first kappa shape index (κ1) is 7.10. The summed E-state index contributed by atoms with van der Waals surface area (Å²) in [7, 11) is 3.58. The molecule has 1 N–H and O–H groups in total. The van der Waals surface area contributed by atoms with Crippen LogP contribution in [0, 0.1) is 0 Å². The molecule has 0 aromatic heterocycles. The SMILES string of the molecule is C1=[NH+]CSS1.[I-]. The first-order valence-electron chi connectivity index (χ1n) is 1.33. The highest BCUT2D eigenvalue weighted by atomic mass is 127. The van der Waals surface area contributed by atoms with Crippen LogP contribution < -0.4 is 29.0 Å². The zero-order chi connectivity index (χ0) is 3.54. The van der Waals surface area contributed by atoms with Gasteiger partial charge in [0.15, 0.2) is 5.88 Å². The standard InChI is InChI=1S/C2H3NS2.HI/c1-3-2-5-4-1;/h1H,2H2;1H. The molecule has 0 aliphatic carbocycles. The molecule has 0 atom stereocenters. The average Bonchev–Trinajstić information content (AvgIpc) is 1.76. The summed E-state index contributed by atoms with van der Waals surface area (Å²) < 4.78 is 0. The predicted molar refractivity (Wildman–Crippen MR) is 27.1 cm³/mol. The van der Waals surface area contributed by atoms with Gasteiger partial charge in [-0.2, -0.15) is 0 Å². The van der Waals surface area contributed by atoms with E-state index in [1.54, 1.807) is 10.8 Å². The van der Waals surface area contributed by atoms with Crippen molar-refractivity contribution in [1.29, 1.82) is 0 Å². The van der Waals surface area contributed by atoms with Crippen LogP contribution in [0.25, 0.3) is 0 Å². The van der Waals surface area contributed by atoms with Crippen LogP contribution >= 0.6 is 21.6 Å². The summed E-state index contributed by atoms with van der Waals surface area (Å²) in [4.78, 5) is 3.02. The van der Waals surface area contributed by atoms with Crippen molar-refractivity contribution < 1.29 is 29.0 Å². The molecule has 6 heavy (non-hydrogen) atoms. The molecule has 0 aromatic rings. The van der Waals surface area contributed by atoms with Crippen LogP contribution in [-0.2, 0) is 0 Å². The molecular formula is C2H4INS2. The number of nitrogens with one attached hydrogen (secondary N) is 1. The summed E-state index contributed by atoms with van der Waals surface area (Å²) in [6, 6.07) is 0. The Morgan fingerprint density at radius 3 is 2.67 bits per heavy atom. The molecule has 0 bridgehead atoms. The zero-order valence-electron chi connectivity index (χ0n) is 2.98. The van der Waals surface area contributed by atoms with E-state index in [2.05, 4.69) is 4.99 Å². The van der Waals surface area contributed by atoms with Crippen molar-refractivity contribution in [3.63, 3.8) is 0 Å². The molecule has 4 heteroatoms. The molecule has 0 saturated heterocycles. The molecule has 36 valence electrons. The molecule has 1 rings (SSSR count). The van der Waals surface area contributed by atoms with Gasteiger partial charge in [0.05, 0.1) is 0 Å².